The second kappa shape index (κ2) is 4.67. The first-order valence-electron chi connectivity index (χ1n) is 4.04. The predicted octanol–water partition coefficient (Wildman–Crippen LogP) is 1.22. The van der Waals surface area contributed by atoms with Crippen molar-refractivity contribution in [1.29, 1.82) is 0 Å². The third-order valence-electron chi connectivity index (χ3n) is 2.35. The topological polar surface area (TPSA) is 40.5 Å². The van der Waals surface area contributed by atoms with E-state index in [0.29, 0.717) is 5.92 Å². The molecule has 3 nitrogen and oxygen atoms in total. The first kappa shape index (κ1) is 11.7. The molecule has 1 heterocycles. The molecule has 1 aliphatic rings. The number of carboxylic acids is 1. The minimum Gasteiger partial charge on any atom is -0.480 e. The smallest absolute Gasteiger partial charge is 0.320 e. The molecule has 0 aliphatic carbocycles. The Balaban J connectivity index is 0.00000121. The second-order valence-electron chi connectivity index (χ2n) is 3.48. The zero-order valence-electron chi connectivity index (χ0n) is 7.49. The number of hydrogen-bond donors (Lipinski definition) is 1. The SMILES string of the molecule is CC1CCC(C(=O)O)N(C)C1.Cl. The van der Waals surface area contributed by atoms with Crippen molar-refractivity contribution >= 4 is 18.4 Å². The van der Waals surface area contributed by atoms with Gasteiger partial charge in [-0.3, -0.25) is 9.69 Å². The van der Waals surface area contributed by atoms with E-state index < -0.39 is 5.97 Å². The summed E-state index contributed by atoms with van der Waals surface area (Å²) in [7, 11) is 1.88. The number of halogens is 1. The third-order valence-corrected chi connectivity index (χ3v) is 2.35. The number of aliphatic carboxylic acids is 1. The van der Waals surface area contributed by atoms with Crippen molar-refractivity contribution < 1.29 is 9.90 Å². The molecule has 0 aromatic heterocycles. The first-order chi connectivity index (χ1) is 5.11. The molecule has 1 N–H and O–H groups in total. The molecule has 0 aromatic rings. The van der Waals surface area contributed by atoms with Gasteiger partial charge in [0.25, 0.3) is 0 Å². The Labute approximate surface area is 79.2 Å². The van der Waals surface area contributed by atoms with Crippen LogP contribution in [0, 0.1) is 5.92 Å². The van der Waals surface area contributed by atoms with Crippen LogP contribution in [0.25, 0.3) is 0 Å². The third kappa shape index (κ3) is 2.64. The molecule has 0 aromatic carbocycles. The van der Waals surface area contributed by atoms with Gasteiger partial charge in [-0.05, 0) is 25.8 Å². The second-order valence-corrected chi connectivity index (χ2v) is 3.48. The van der Waals surface area contributed by atoms with Crippen LogP contribution in [0.4, 0.5) is 0 Å². The highest BCUT2D eigenvalue weighted by molar-refractivity contribution is 5.85. The maximum absolute atomic E-state index is 10.6. The van der Waals surface area contributed by atoms with Crippen LogP contribution in [-0.2, 0) is 4.79 Å². The van der Waals surface area contributed by atoms with Crippen LogP contribution < -0.4 is 0 Å². The van der Waals surface area contributed by atoms with Gasteiger partial charge in [0.15, 0.2) is 0 Å². The number of piperidine rings is 1. The van der Waals surface area contributed by atoms with Crippen molar-refractivity contribution in [3.8, 4) is 0 Å². The van der Waals surface area contributed by atoms with E-state index in [4.69, 9.17) is 5.11 Å². The summed E-state index contributed by atoms with van der Waals surface area (Å²) in [6.45, 7) is 3.07. The van der Waals surface area contributed by atoms with E-state index in [0.717, 1.165) is 19.4 Å². The van der Waals surface area contributed by atoms with Crippen molar-refractivity contribution in [3.05, 3.63) is 0 Å². The molecule has 72 valence electrons. The lowest BCUT2D eigenvalue weighted by molar-refractivity contribution is -0.144. The molecule has 1 rings (SSSR count). The zero-order valence-corrected chi connectivity index (χ0v) is 8.30. The summed E-state index contributed by atoms with van der Waals surface area (Å²) in [6, 6.07) is -0.244. The van der Waals surface area contributed by atoms with Gasteiger partial charge in [0.1, 0.15) is 6.04 Å². The Morgan fingerprint density at radius 1 is 1.50 bits per heavy atom. The van der Waals surface area contributed by atoms with Crippen molar-refractivity contribution in [2.45, 2.75) is 25.8 Å². The van der Waals surface area contributed by atoms with Crippen LogP contribution in [0.2, 0.25) is 0 Å². The van der Waals surface area contributed by atoms with Gasteiger partial charge in [-0.15, -0.1) is 12.4 Å². The van der Waals surface area contributed by atoms with Crippen molar-refractivity contribution in [3.63, 3.8) is 0 Å². The average Bonchev–Trinajstić information content (AvgIpc) is 1.85. The number of carboxylic acid groups (broad SMARTS) is 1. The number of rotatable bonds is 1. The van der Waals surface area contributed by atoms with Crippen molar-refractivity contribution in [1.82, 2.24) is 4.90 Å². The first-order valence-corrected chi connectivity index (χ1v) is 4.04. The predicted molar refractivity (Wildman–Crippen MR) is 49.7 cm³/mol. The Morgan fingerprint density at radius 3 is 2.50 bits per heavy atom. The summed E-state index contributed by atoms with van der Waals surface area (Å²) in [6.07, 6.45) is 1.84. The lowest BCUT2D eigenvalue weighted by atomic mass is 9.95. The molecule has 4 heteroatoms. The lowest BCUT2D eigenvalue weighted by Gasteiger charge is -2.32. The molecule has 12 heavy (non-hydrogen) atoms. The van der Waals surface area contributed by atoms with Gasteiger partial charge in [0, 0.05) is 6.54 Å². The molecule has 1 saturated heterocycles. The summed E-state index contributed by atoms with van der Waals surface area (Å²) < 4.78 is 0. The van der Waals surface area contributed by atoms with Gasteiger partial charge in [-0.2, -0.15) is 0 Å². The van der Waals surface area contributed by atoms with Gasteiger partial charge in [0.2, 0.25) is 0 Å². The fraction of sp³-hybridized carbons (Fsp3) is 0.875. The molecule has 0 saturated carbocycles. The van der Waals surface area contributed by atoms with E-state index >= 15 is 0 Å². The quantitative estimate of drug-likeness (QED) is 0.681. The van der Waals surface area contributed by atoms with Crippen molar-refractivity contribution in [2.24, 2.45) is 5.92 Å². The average molecular weight is 194 g/mol. The monoisotopic (exact) mass is 193 g/mol. The van der Waals surface area contributed by atoms with Gasteiger partial charge in [0.05, 0.1) is 0 Å². The fourth-order valence-corrected chi connectivity index (χ4v) is 1.68. The van der Waals surface area contributed by atoms with E-state index in [1.807, 2.05) is 11.9 Å². The fourth-order valence-electron chi connectivity index (χ4n) is 1.68. The van der Waals surface area contributed by atoms with E-state index in [9.17, 15) is 4.79 Å². The summed E-state index contributed by atoms with van der Waals surface area (Å²) >= 11 is 0. The minimum absolute atomic E-state index is 0. The molecular formula is C8H16ClNO2. The molecule has 1 fully saturated rings. The Morgan fingerprint density at radius 2 is 2.08 bits per heavy atom. The molecular weight excluding hydrogens is 178 g/mol. The Kier molecular flexibility index (Phi) is 4.57. The summed E-state index contributed by atoms with van der Waals surface area (Å²) in [5.74, 6) is -0.0324. The molecule has 1 aliphatic heterocycles. The van der Waals surface area contributed by atoms with Crippen LogP contribution in [-0.4, -0.2) is 35.6 Å². The van der Waals surface area contributed by atoms with Gasteiger partial charge in [-0.1, -0.05) is 6.92 Å². The van der Waals surface area contributed by atoms with Gasteiger partial charge in [-0.25, -0.2) is 0 Å². The lowest BCUT2D eigenvalue weighted by Crippen LogP contribution is -2.44. The molecule has 2 unspecified atom stereocenters. The number of nitrogens with zero attached hydrogens (tertiary/aromatic N) is 1. The number of carbonyl (C=O) groups is 1. The molecule has 0 amide bonds. The highest BCUT2D eigenvalue weighted by atomic mass is 35.5. The number of likely N-dealkylation sites (tertiary alicyclic amines) is 1. The van der Waals surface area contributed by atoms with E-state index in [1.54, 1.807) is 0 Å². The van der Waals surface area contributed by atoms with Crippen LogP contribution in [0.15, 0.2) is 0 Å². The summed E-state index contributed by atoms with van der Waals surface area (Å²) in [5.41, 5.74) is 0. The number of hydrogen-bond acceptors (Lipinski definition) is 2. The van der Waals surface area contributed by atoms with Crippen LogP contribution in [0.3, 0.4) is 0 Å². The normalized spacial score (nSPS) is 30.8. The maximum atomic E-state index is 10.6. The highest BCUT2D eigenvalue weighted by Gasteiger charge is 2.28. The van der Waals surface area contributed by atoms with E-state index in [-0.39, 0.29) is 18.4 Å². The van der Waals surface area contributed by atoms with Crippen LogP contribution in [0.1, 0.15) is 19.8 Å². The number of likely N-dealkylation sites (N-methyl/N-ethyl adjacent to an activating group) is 1. The minimum atomic E-state index is -0.681. The largest absolute Gasteiger partial charge is 0.480 e. The zero-order chi connectivity index (χ0) is 8.43. The standard InChI is InChI=1S/C8H15NO2.ClH/c1-6-3-4-7(8(10)11)9(2)5-6;/h6-7H,3-5H2,1-2H3,(H,10,11);1H. The van der Waals surface area contributed by atoms with E-state index in [2.05, 4.69) is 6.92 Å². The van der Waals surface area contributed by atoms with Gasteiger partial charge >= 0.3 is 5.97 Å². The van der Waals surface area contributed by atoms with Gasteiger partial charge < -0.3 is 5.11 Å². The van der Waals surface area contributed by atoms with Crippen molar-refractivity contribution in [2.75, 3.05) is 13.6 Å². The molecule has 0 bridgehead atoms. The molecule has 0 spiro atoms. The molecule has 0 radical (unpaired) electrons. The van der Waals surface area contributed by atoms with Crippen LogP contribution >= 0.6 is 12.4 Å². The maximum Gasteiger partial charge on any atom is 0.320 e. The highest BCUT2D eigenvalue weighted by Crippen LogP contribution is 2.19. The Bertz CT molecular complexity index is 163. The molecule has 2 atom stereocenters. The van der Waals surface area contributed by atoms with Crippen LogP contribution in [0.5, 0.6) is 0 Å². The summed E-state index contributed by atoms with van der Waals surface area (Å²) in [5, 5.41) is 8.75. The van der Waals surface area contributed by atoms with E-state index in [1.165, 1.54) is 0 Å². The summed E-state index contributed by atoms with van der Waals surface area (Å²) in [4.78, 5) is 12.6. The Hall–Kier alpha value is -0.280.